The summed E-state index contributed by atoms with van der Waals surface area (Å²) in [6.07, 6.45) is 1.72. The highest BCUT2D eigenvalue weighted by atomic mass is 127. The zero-order valence-corrected chi connectivity index (χ0v) is 18.6. The molecule has 0 saturated carbocycles. The Morgan fingerprint density at radius 2 is 1.96 bits per heavy atom. The average Bonchev–Trinajstić information content (AvgIpc) is 2.65. The molecule has 0 bridgehead atoms. The molecule has 2 aromatic rings. The highest BCUT2D eigenvalue weighted by molar-refractivity contribution is 14.0. The van der Waals surface area contributed by atoms with E-state index < -0.39 is 0 Å². The van der Waals surface area contributed by atoms with Crippen LogP contribution in [-0.4, -0.2) is 36.4 Å². The Morgan fingerprint density at radius 1 is 1.19 bits per heavy atom. The summed E-state index contributed by atoms with van der Waals surface area (Å²) in [6.45, 7) is 6.43. The summed E-state index contributed by atoms with van der Waals surface area (Å²) < 4.78 is 5.28. The normalized spacial score (nSPS) is 12.0. The molecule has 1 unspecified atom stereocenters. The van der Waals surface area contributed by atoms with Crippen molar-refractivity contribution >= 4 is 41.7 Å². The lowest BCUT2D eigenvalue weighted by Gasteiger charge is -2.16. The first kappa shape index (κ1) is 22.6. The third kappa shape index (κ3) is 7.82. The third-order valence-electron chi connectivity index (χ3n) is 3.43. The molecule has 0 fully saturated rings. The van der Waals surface area contributed by atoms with Crippen molar-refractivity contribution in [3.63, 3.8) is 0 Å². The van der Waals surface area contributed by atoms with Crippen molar-refractivity contribution < 1.29 is 4.74 Å². The molecule has 2 rings (SSSR count). The molecule has 26 heavy (non-hydrogen) atoms. The average molecular weight is 486 g/mol. The van der Waals surface area contributed by atoms with E-state index in [2.05, 4.69) is 58.7 Å². The second-order valence-corrected chi connectivity index (χ2v) is 7.00. The summed E-state index contributed by atoms with van der Waals surface area (Å²) in [7, 11) is 1.63. The maximum Gasteiger partial charge on any atom is 0.218 e. The van der Waals surface area contributed by atoms with Crippen LogP contribution in [0.4, 0.5) is 0 Å². The van der Waals surface area contributed by atoms with E-state index in [4.69, 9.17) is 4.74 Å². The molecule has 0 radical (unpaired) electrons. The molecule has 5 nitrogen and oxygen atoms in total. The molecule has 0 aliphatic heterocycles. The molecule has 0 saturated heterocycles. The minimum atomic E-state index is 0. The summed E-state index contributed by atoms with van der Waals surface area (Å²) in [6, 6.07) is 14.3. The van der Waals surface area contributed by atoms with Crippen LogP contribution < -0.4 is 15.4 Å². The molecular weight excluding hydrogens is 459 g/mol. The Balaban J connectivity index is 0.00000338. The number of ether oxygens (including phenoxy) is 1. The van der Waals surface area contributed by atoms with Crippen LogP contribution in [0.5, 0.6) is 5.88 Å². The molecule has 1 atom stereocenters. The number of aliphatic imine (C=N–C) groups is 1. The van der Waals surface area contributed by atoms with Gasteiger partial charge in [0.1, 0.15) is 0 Å². The second-order valence-electron chi connectivity index (χ2n) is 5.49. The highest BCUT2D eigenvalue weighted by Crippen LogP contribution is 2.21. The number of nitrogens with zero attached hydrogens (tertiary/aromatic N) is 2. The Bertz CT molecular complexity index is 670. The number of thioether (sulfide) groups is 1. The quantitative estimate of drug-likeness (QED) is 0.256. The first-order valence-electron chi connectivity index (χ1n) is 8.44. The van der Waals surface area contributed by atoms with Gasteiger partial charge >= 0.3 is 0 Å². The summed E-state index contributed by atoms with van der Waals surface area (Å²) in [5.74, 6) is 1.42. The fourth-order valence-corrected chi connectivity index (χ4v) is 3.19. The van der Waals surface area contributed by atoms with Crippen LogP contribution in [0.3, 0.4) is 0 Å². The van der Waals surface area contributed by atoms with Gasteiger partial charge in [0, 0.05) is 35.0 Å². The van der Waals surface area contributed by atoms with Crippen LogP contribution in [-0.2, 0) is 6.54 Å². The van der Waals surface area contributed by atoms with Gasteiger partial charge in [0.15, 0.2) is 5.96 Å². The SMILES string of the molecule is CCNC(=NCc1cccnc1OC)NCC(C)Sc1ccccc1.I. The Hall–Kier alpha value is -1.48. The van der Waals surface area contributed by atoms with Crippen LogP contribution >= 0.6 is 35.7 Å². The zero-order valence-electron chi connectivity index (χ0n) is 15.4. The minimum Gasteiger partial charge on any atom is -0.481 e. The maximum atomic E-state index is 5.28. The molecule has 0 aliphatic carbocycles. The second kappa shape index (κ2) is 12.8. The maximum absolute atomic E-state index is 5.28. The van der Waals surface area contributed by atoms with E-state index in [0.29, 0.717) is 17.7 Å². The molecule has 0 amide bonds. The molecule has 7 heteroatoms. The topological polar surface area (TPSA) is 58.5 Å². The highest BCUT2D eigenvalue weighted by Gasteiger charge is 2.07. The molecule has 142 valence electrons. The lowest BCUT2D eigenvalue weighted by molar-refractivity contribution is 0.392. The first-order chi connectivity index (χ1) is 12.2. The summed E-state index contributed by atoms with van der Waals surface area (Å²) in [5, 5.41) is 7.11. The van der Waals surface area contributed by atoms with Gasteiger partial charge in [0.25, 0.3) is 0 Å². The van der Waals surface area contributed by atoms with Crippen LogP contribution in [0.1, 0.15) is 19.4 Å². The fraction of sp³-hybridized carbons (Fsp3) is 0.368. The van der Waals surface area contributed by atoms with Crippen molar-refractivity contribution in [1.29, 1.82) is 0 Å². The van der Waals surface area contributed by atoms with E-state index in [1.54, 1.807) is 13.3 Å². The van der Waals surface area contributed by atoms with Gasteiger partial charge in [-0.05, 0) is 25.1 Å². The molecule has 1 aromatic carbocycles. The number of pyridine rings is 1. The first-order valence-corrected chi connectivity index (χ1v) is 9.32. The zero-order chi connectivity index (χ0) is 17.9. The molecule has 1 aromatic heterocycles. The van der Waals surface area contributed by atoms with Crippen molar-refractivity contribution in [2.75, 3.05) is 20.2 Å². The van der Waals surface area contributed by atoms with E-state index in [-0.39, 0.29) is 24.0 Å². The van der Waals surface area contributed by atoms with Crippen molar-refractivity contribution in [2.45, 2.75) is 30.5 Å². The van der Waals surface area contributed by atoms with Gasteiger partial charge in [-0.2, -0.15) is 0 Å². The number of guanidine groups is 1. The molecule has 0 aliphatic rings. The van der Waals surface area contributed by atoms with E-state index in [1.807, 2.05) is 30.0 Å². The Labute approximate surface area is 177 Å². The number of hydrogen-bond acceptors (Lipinski definition) is 4. The molecule has 2 N–H and O–H groups in total. The molecule has 0 spiro atoms. The number of halogens is 1. The predicted octanol–water partition coefficient (Wildman–Crippen LogP) is 3.94. The largest absolute Gasteiger partial charge is 0.481 e. The number of hydrogen-bond donors (Lipinski definition) is 2. The van der Waals surface area contributed by atoms with Gasteiger partial charge in [0.2, 0.25) is 5.88 Å². The van der Waals surface area contributed by atoms with Crippen LogP contribution in [0.15, 0.2) is 58.5 Å². The Morgan fingerprint density at radius 3 is 2.65 bits per heavy atom. The smallest absolute Gasteiger partial charge is 0.218 e. The van der Waals surface area contributed by atoms with Crippen molar-refractivity contribution in [3.05, 3.63) is 54.2 Å². The van der Waals surface area contributed by atoms with E-state index in [1.165, 1.54) is 4.90 Å². The van der Waals surface area contributed by atoms with Crippen LogP contribution in [0.2, 0.25) is 0 Å². The number of benzene rings is 1. The van der Waals surface area contributed by atoms with Crippen LogP contribution in [0.25, 0.3) is 0 Å². The number of methoxy groups -OCH3 is 1. The Kier molecular flexibility index (Phi) is 11.1. The van der Waals surface area contributed by atoms with E-state index in [9.17, 15) is 0 Å². The molecular formula is C19H27IN4OS. The van der Waals surface area contributed by atoms with E-state index in [0.717, 1.165) is 24.6 Å². The van der Waals surface area contributed by atoms with Crippen molar-refractivity contribution in [1.82, 2.24) is 15.6 Å². The monoisotopic (exact) mass is 486 g/mol. The van der Waals surface area contributed by atoms with Gasteiger partial charge < -0.3 is 15.4 Å². The number of rotatable bonds is 8. The van der Waals surface area contributed by atoms with E-state index >= 15 is 0 Å². The lowest BCUT2D eigenvalue weighted by atomic mass is 10.3. The summed E-state index contributed by atoms with van der Waals surface area (Å²) in [5.41, 5.74) is 0.967. The van der Waals surface area contributed by atoms with Crippen molar-refractivity contribution in [3.8, 4) is 5.88 Å². The summed E-state index contributed by atoms with van der Waals surface area (Å²) >= 11 is 1.85. The van der Waals surface area contributed by atoms with Gasteiger partial charge in [-0.1, -0.05) is 31.2 Å². The number of aromatic nitrogens is 1. The van der Waals surface area contributed by atoms with Gasteiger partial charge in [-0.3, -0.25) is 0 Å². The fourth-order valence-electron chi connectivity index (χ4n) is 2.25. The molecule has 1 heterocycles. The van der Waals surface area contributed by atoms with Crippen LogP contribution in [0, 0.1) is 0 Å². The van der Waals surface area contributed by atoms with Crippen molar-refractivity contribution in [2.24, 2.45) is 4.99 Å². The minimum absolute atomic E-state index is 0. The van der Waals surface area contributed by atoms with Gasteiger partial charge in [-0.15, -0.1) is 35.7 Å². The van der Waals surface area contributed by atoms with Gasteiger partial charge in [-0.25, -0.2) is 9.98 Å². The summed E-state index contributed by atoms with van der Waals surface area (Å²) in [4.78, 5) is 10.1. The number of nitrogens with one attached hydrogen (secondary N) is 2. The lowest BCUT2D eigenvalue weighted by Crippen LogP contribution is -2.40. The van der Waals surface area contributed by atoms with Gasteiger partial charge in [0.05, 0.1) is 13.7 Å². The third-order valence-corrected chi connectivity index (χ3v) is 4.55. The standard InChI is InChI=1S/C19H26N4OS.HI/c1-4-20-19(23-14-16-9-8-12-21-18(16)24-3)22-13-15(2)25-17-10-6-5-7-11-17;/h5-12,15H,4,13-14H2,1-3H3,(H2,20,22,23);1H. The predicted molar refractivity (Wildman–Crippen MR) is 121 cm³/mol.